The van der Waals surface area contributed by atoms with E-state index in [4.69, 9.17) is 28.4 Å². The van der Waals surface area contributed by atoms with E-state index in [0.29, 0.717) is 0 Å². The Balaban J connectivity index is 1.87. The van der Waals surface area contributed by atoms with Crippen LogP contribution in [0.2, 0.25) is 0 Å². The fourth-order valence-electron chi connectivity index (χ4n) is 3.64. The van der Waals surface area contributed by atoms with E-state index in [1.54, 1.807) is 0 Å². The molecule has 0 aromatic heterocycles. The normalized spacial score (nSPS) is 24.8. The zero-order valence-electron chi connectivity index (χ0n) is 19.0. The van der Waals surface area contributed by atoms with Gasteiger partial charge < -0.3 is 28.4 Å². The quantitative estimate of drug-likeness (QED) is 0.502. The first-order valence-corrected chi connectivity index (χ1v) is 10.8. The molecule has 33 heavy (non-hydrogen) atoms. The van der Waals surface area contributed by atoms with Crippen molar-refractivity contribution in [3.63, 3.8) is 0 Å². The van der Waals surface area contributed by atoms with Gasteiger partial charge in [0.05, 0.1) is 13.2 Å². The van der Waals surface area contributed by atoms with Crippen molar-refractivity contribution in [3.05, 3.63) is 71.8 Å². The molecule has 178 valence electrons. The Morgan fingerprint density at radius 2 is 1.33 bits per heavy atom. The van der Waals surface area contributed by atoms with Crippen molar-refractivity contribution in [1.29, 1.82) is 0 Å². The molecule has 1 heterocycles. The summed E-state index contributed by atoms with van der Waals surface area (Å²) in [5, 5.41) is 0. The third kappa shape index (κ3) is 7.36. The maximum atomic E-state index is 11.9. The summed E-state index contributed by atoms with van der Waals surface area (Å²) in [6, 6.07) is 19.2. The molecule has 0 N–H and O–H groups in total. The summed E-state index contributed by atoms with van der Waals surface area (Å²) in [5.41, 5.74) is 1.89. The topological polar surface area (TPSA) is 89.5 Å². The van der Waals surface area contributed by atoms with Gasteiger partial charge in [0, 0.05) is 21.0 Å². The van der Waals surface area contributed by atoms with Crippen LogP contribution in [0, 0.1) is 0 Å². The van der Waals surface area contributed by atoms with Gasteiger partial charge in [-0.1, -0.05) is 60.7 Å². The van der Waals surface area contributed by atoms with Crippen LogP contribution in [-0.4, -0.2) is 56.4 Å². The van der Waals surface area contributed by atoms with Crippen LogP contribution in [0.25, 0.3) is 0 Å². The van der Waals surface area contributed by atoms with Gasteiger partial charge >= 0.3 is 11.9 Å². The number of hydrogen-bond donors (Lipinski definition) is 0. The Bertz CT molecular complexity index is 872. The van der Waals surface area contributed by atoms with Crippen LogP contribution in [0.1, 0.15) is 25.0 Å². The Morgan fingerprint density at radius 1 is 0.788 bits per heavy atom. The summed E-state index contributed by atoms with van der Waals surface area (Å²) in [6.45, 7) is 3.09. The highest BCUT2D eigenvalue weighted by Gasteiger charge is 2.50. The highest BCUT2D eigenvalue weighted by Crippen LogP contribution is 2.30. The number of rotatable bonds is 10. The summed E-state index contributed by atoms with van der Waals surface area (Å²) in [4.78, 5) is 23.4. The second-order valence-electron chi connectivity index (χ2n) is 7.68. The molecule has 0 aliphatic carbocycles. The van der Waals surface area contributed by atoms with Crippen molar-refractivity contribution in [1.82, 2.24) is 0 Å². The Morgan fingerprint density at radius 3 is 1.82 bits per heavy atom. The predicted octanol–water partition coefficient (Wildman–Crippen LogP) is 3.02. The van der Waals surface area contributed by atoms with Gasteiger partial charge in [-0.15, -0.1) is 0 Å². The smallest absolute Gasteiger partial charge is 0.303 e. The molecule has 8 heteroatoms. The molecule has 0 saturated carbocycles. The van der Waals surface area contributed by atoms with Gasteiger partial charge in [-0.05, 0) is 11.1 Å². The average molecular weight is 459 g/mol. The third-order valence-corrected chi connectivity index (χ3v) is 5.15. The third-order valence-electron chi connectivity index (χ3n) is 5.15. The highest BCUT2D eigenvalue weighted by atomic mass is 16.7. The second kappa shape index (κ2) is 12.5. The summed E-state index contributed by atoms with van der Waals surface area (Å²) in [7, 11) is 1.45. The van der Waals surface area contributed by atoms with Crippen molar-refractivity contribution < 1.29 is 38.0 Å². The molecule has 8 nitrogen and oxygen atoms in total. The lowest BCUT2D eigenvalue weighted by Crippen LogP contribution is -2.62. The lowest BCUT2D eigenvalue weighted by atomic mass is 9.98. The first-order valence-electron chi connectivity index (χ1n) is 10.8. The van der Waals surface area contributed by atoms with Gasteiger partial charge in [0.15, 0.2) is 12.4 Å². The molecule has 0 amide bonds. The summed E-state index contributed by atoms with van der Waals surface area (Å²) < 4.78 is 34.7. The largest absolute Gasteiger partial charge is 0.463 e. The van der Waals surface area contributed by atoms with E-state index in [1.165, 1.54) is 21.0 Å². The minimum Gasteiger partial charge on any atom is -0.463 e. The van der Waals surface area contributed by atoms with Gasteiger partial charge in [-0.2, -0.15) is 0 Å². The van der Waals surface area contributed by atoms with Crippen LogP contribution < -0.4 is 0 Å². The Labute approximate surface area is 193 Å². The molecule has 0 spiro atoms. The molecule has 1 aliphatic rings. The molecule has 2 aromatic rings. The summed E-state index contributed by atoms with van der Waals surface area (Å²) >= 11 is 0. The molecule has 0 unspecified atom stereocenters. The van der Waals surface area contributed by atoms with Crippen LogP contribution in [0.3, 0.4) is 0 Å². The standard InChI is InChI=1S/C25H30O8/c1-17(26)29-16-21-22(30-14-19-10-6-4-7-11-19)23(31-15-20-12-8-5-9-13-20)24(32-18(2)27)25(28-3)33-21/h4-13,21-25H,14-16H2,1-3H3/t21-,22+,23+,24+,25+/m1/s1. The molecular weight excluding hydrogens is 428 g/mol. The lowest BCUT2D eigenvalue weighted by Gasteiger charge is -2.44. The molecule has 3 rings (SSSR count). The van der Waals surface area contributed by atoms with Crippen molar-refractivity contribution in [2.45, 2.75) is 57.8 Å². The summed E-state index contributed by atoms with van der Waals surface area (Å²) in [5.74, 6) is -0.947. The van der Waals surface area contributed by atoms with E-state index in [9.17, 15) is 9.59 Å². The van der Waals surface area contributed by atoms with Crippen molar-refractivity contribution >= 4 is 11.9 Å². The van der Waals surface area contributed by atoms with Gasteiger partial charge in [-0.3, -0.25) is 9.59 Å². The molecule has 0 radical (unpaired) electrons. The monoisotopic (exact) mass is 458 g/mol. The molecule has 0 bridgehead atoms. The number of hydrogen-bond acceptors (Lipinski definition) is 8. The molecule has 1 fully saturated rings. The lowest BCUT2D eigenvalue weighted by molar-refractivity contribution is -0.314. The minimum absolute atomic E-state index is 0.0629. The summed E-state index contributed by atoms with van der Waals surface area (Å²) in [6.07, 6.45) is -3.95. The van der Waals surface area contributed by atoms with E-state index in [-0.39, 0.29) is 19.8 Å². The maximum absolute atomic E-state index is 11.9. The number of carbonyl (C=O) groups excluding carboxylic acids is 2. The number of benzene rings is 2. The zero-order valence-corrected chi connectivity index (χ0v) is 19.0. The van der Waals surface area contributed by atoms with Crippen molar-refractivity contribution in [3.8, 4) is 0 Å². The van der Waals surface area contributed by atoms with E-state index >= 15 is 0 Å². The van der Waals surface area contributed by atoms with Crippen molar-refractivity contribution in [2.24, 2.45) is 0 Å². The second-order valence-corrected chi connectivity index (χ2v) is 7.68. The Hall–Kier alpha value is -2.78. The molecule has 5 atom stereocenters. The Kier molecular flexibility index (Phi) is 9.38. The average Bonchev–Trinajstić information content (AvgIpc) is 2.82. The van der Waals surface area contributed by atoms with Crippen LogP contribution in [0.15, 0.2) is 60.7 Å². The molecule has 1 saturated heterocycles. The zero-order chi connectivity index (χ0) is 23.6. The molecule has 1 aliphatic heterocycles. The van der Waals surface area contributed by atoms with Crippen LogP contribution >= 0.6 is 0 Å². The predicted molar refractivity (Wildman–Crippen MR) is 118 cm³/mol. The van der Waals surface area contributed by atoms with E-state index in [1.807, 2.05) is 60.7 Å². The first-order chi connectivity index (χ1) is 16.0. The van der Waals surface area contributed by atoms with Gasteiger partial charge in [0.2, 0.25) is 0 Å². The van der Waals surface area contributed by atoms with E-state index in [0.717, 1.165) is 11.1 Å². The van der Waals surface area contributed by atoms with E-state index in [2.05, 4.69) is 0 Å². The first kappa shape index (κ1) is 24.9. The fraction of sp³-hybridized carbons (Fsp3) is 0.440. The van der Waals surface area contributed by atoms with Gasteiger partial charge in [0.25, 0.3) is 0 Å². The highest BCUT2D eigenvalue weighted by molar-refractivity contribution is 5.66. The van der Waals surface area contributed by atoms with Crippen molar-refractivity contribution in [2.75, 3.05) is 13.7 Å². The molecule has 2 aromatic carbocycles. The SMILES string of the molecule is CO[C@H]1O[C@H](COC(C)=O)[C@H](OCc2ccccc2)[C@H](OCc2ccccc2)[C@@H]1OC(C)=O. The number of esters is 2. The van der Waals surface area contributed by atoms with Gasteiger partial charge in [0.1, 0.15) is 24.9 Å². The van der Waals surface area contributed by atoms with Crippen LogP contribution in [-0.2, 0) is 51.2 Å². The van der Waals surface area contributed by atoms with E-state index < -0.39 is 42.6 Å². The number of methoxy groups -OCH3 is 1. The van der Waals surface area contributed by atoms with Crippen LogP contribution in [0.5, 0.6) is 0 Å². The van der Waals surface area contributed by atoms with Crippen LogP contribution in [0.4, 0.5) is 0 Å². The van der Waals surface area contributed by atoms with Gasteiger partial charge in [-0.25, -0.2) is 0 Å². The maximum Gasteiger partial charge on any atom is 0.303 e. The number of carbonyl (C=O) groups is 2. The fourth-order valence-corrected chi connectivity index (χ4v) is 3.64. The minimum atomic E-state index is -0.924. The number of ether oxygens (including phenoxy) is 6. The molecular formula is C25H30O8.